The van der Waals surface area contributed by atoms with Crippen LogP contribution in [0.1, 0.15) is 23.1 Å². The molecular weight excluding hydrogens is 269 g/mol. The van der Waals surface area contributed by atoms with Gasteiger partial charge >= 0.3 is 6.18 Å². The van der Waals surface area contributed by atoms with Crippen LogP contribution in [0.4, 0.5) is 13.2 Å². The summed E-state index contributed by atoms with van der Waals surface area (Å²) in [5.41, 5.74) is -1.30. The summed E-state index contributed by atoms with van der Waals surface area (Å²) in [6.07, 6.45) is -4.56. The lowest BCUT2D eigenvalue weighted by Gasteiger charge is -2.10. The quantitative estimate of drug-likeness (QED) is 0.590. The molecule has 1 aromatic carbocycles. The summed E-state index contributed by atoms with van der Waals surface area (Å²) in [7, 11) is 0. The Labute approximate surface area is 105 Å². The van der Waals surface area contributed by atoms with E-state index in [4.69, 9.17) is 11.6 Å². The van der Waals surface area contributed by atoms with Gasteiger partial charge in [-0.05, 0) is 12.1 Å². The van der Waals surface area contributed by atoms with Crippen molar-refractivity contribution in [2.75, 3.05) is 0 Å². The number of benzene rings is 1. The molecule has 0 N–H and O–H groups in total. The molecule has 0 fully saturated rings. The molecule has 0 saturated carbocycles. The molecule has 7 heteroatoms. The molecule has 0 unspecified atom stereocenters. The first kappa shape index (κ1) is 12.8. The van der Waals surface area contributed by atoms with Gasteiger partial charge in [0.05, 0.1) is 11.1 Å². The number of carbonyl (C=O) groups is 1. The molecule has 1 aromatic heterocycles. The SMILES string of the molecule is CC(=O)c1nc(Cl)c2cccc(C(F)(F)F)c2n1. The fourth-order valence-electron chi connectivity index (χ4n) is 1.50. The predicted octanol–water partition coefficient (Wildman–Crippen LogP) is 3.50. The van der Waals surface area contributed by atoms with Gasteiger partial charge < -0.3 is 0 Å². The topological polar surface area (TPSA) is 42.9 Å². The van der Waals surface area contributed by atoms with E-state index in [0.29, 0.717) is 0 Å². The van der Waals surface area contributed by atoms with Crippen LogP contribution in [0.2, 0.25) is 5.15 Å². The first-order chi connectivity index (χ1) is 8.30. The van der Waals surface area contributed by atoms with Crippen LogP contribution in [0.15, 0.2) is 18.2 Å². The largest absolute Gasteiger partial charge is 0.418 e. The van der Waals surface area contributed by atoms with Crippen molar-refractivity contribution in [3.8, 4) is 0 Å². The second-order valence-corrected chi connectivity index (χ2v) is 3.95. The average molecular weight is 275 g/mol. The maximum Gasteiger partial charge on any atom is 0.418 e. The Balaban J connectivity index is 2.86. The molecule has 0 aliphatic rings. The maximum atomic E-state index is 12.8. The summed E-state index contributed by atoms with van der Waals surface area (Å²) in [6.45, 7) is 1.16. The summed E-state index contributed by atoms with van der Waals surface area (Å²) in [6, 6.07) is 3.47. The van der Waals surface area contributed by atoms with E-state index < -0.39 is 17.5 Å². The first-order valence-electron chi connectivity index (χ1n) is 4.85. The van der Waals surface area contributed by atoms with Crippen LogP contribution in [0.3, 0.4) is 0 Å². The summed E-state index contributed by atoms with van der Waals surface area (Å²) in [4.78, 5) is 18.4. The highest BCUT2D eigenvalue weighted by Crippen LogP contribution is 2.35. The Bertz CT molecular complexity index is 640. The number of Topliss-reactive ketones (excluding diaryl/α,β-unsaturated/α-hetero) is 1. The van der Waals surface area contributed by atoms with Gasteiger partial charge in [-0.2, -0.15) is 13.2 Å². The number of nitrogens with zero attached hydrogens (tertiary/aromatic N) is 2. The molecule has 0 radical (unpaired) electrons. The lowest BCUT2D eigenvalue weighted by Crippen LogP contribution is -2.09. The molecule has 0 spiro atoms. The lowest BCUT2D eigenvalue weighted by atomic mass is 10.1. The van der Waals surface area contributed by atoms with E-state index >= 15 is 0 Å². The summed E-state index contributed by atoms with van der Waals surface area (Å²) in [5, 5.41) is -0.104. The zero-order valence-electron chi connectivity index (χ0n) is 9.05. The third kappa shape index (κ3) is 2.15. The molecule has 0 atom stereocenters. The standard InChI is InChI=1S/C11H6ClF3N2O/c1-5(18)10-16-8-6(9(12)17-10)3-2-4-7(8)11(13,14)15/h2-4H,1H3. The Kier molecular flexibility index (Phi) is 2.98. The van der Waals surface area contributed by atoms with Crippen molar-refractivity contribution >= 4 is 28.3 Å². The third-order valence-corrected chi connectivity index (χ3v) is 2.59. The Morgan fingerprint density at radius 2 is 1.94 bits per heavy atom. The molecule has 0 bridgehead atoms. The number of fused-ring (bicyclic) bond motifs is 1. The van der Waals surface area contributed by atoms with Crippen molar-refractivity contribution in [3.63, 3.8) is 0 Å². The number of para-hydroxylation sites is 1. The summed E-state index contributed by atoms with van der Waals surface area (Å²) < 4.78 is 38.4. The normalized spacial score (nSPS) is 11.8. The number of ketones is 1. The lowest BCUT2D eigenvalue weighted by molar-refractivity contribution is -0.136. The Hall–Kier alpha value is -1.69. The van der Waals surface area contributed by atoms with Crippen LogP contribution in [-0.4, -0.2) is 15.8 Å². The van der Waals surface area contributed by atoms with E-state index in [0.717, 1.165) is 13.0 Å². The monoisotopic (exact) mass is 274 g/mol. The number of hydrogen-bond donors (Lipinski definition) is 0. The molecule has 2 rings (SSSR count). The van der Waals surface area contributed by atoms with Crippen molar-refractivity contribution in [3.05, 3.63) is 34.7 Å². The number of halogens is 4. The second kappa shape index (κ2) is 4.20. The van der Waals surface area contributed by atoms with E-state index in [1.165, 1.54) is 12.1 Å². The zero-order chi connectivity index (χ0) is 13.5. The van der Waals surface area contributed by atoms with E-state index in [9.17, 15) is 18.0 Å². The molecule has 0 aliphatic heterocycles. The van der Waals surface area contributed by atoms with E-state index in [2.05, 4.69) is 9.97 Å². The van der Waals surface area contributed by atoms with Crippen LogP contribution in [0, 0.1) is 0 Å². The minimum Gasteiger partial charge on any atom is -0.291 e. The predicted molar refractivity (Wildman–Crippen MR) is 59.6 cm³/mol. The molecule has 1 heterocycles. The van der Waals surface area contributed by atoms with Crippen LogP contribution in [0.5, 0.6) is 0 Å². The summed E-state index contributed by atoms with van der Waals surface area (Å²) in [5.74, 6) is -0.875. The minimum atomic E-state index is -4.56. The van der Waals surface area contributed by atoms with Gasteiger partial charge in [0.25, 0.3) is 0 Å². The minimum absolute atomic E-state index is 0.0662. The number of aromatic nitrogens is 2. The van der Waals surface area contributed by atoms with Crippen molar-refractivity contribution in [2.24, 2.45) is 0 Å². The molecule has 3 nitrogen and oxygen atoms in total. The number of alkyl halides is 3. The van der Waals surface area contributed by atoms with Crippen molar-refractivity contribution in [1.29, 1.82) is 0 Å². The van der Waals surface area contributed by atoms with Crippen molar-refractivity contribution in [1.82, 2.24) is 9.97 Å². The highest BCUT2D eigenvalue weighted by molar-refractivity contribution is 6.34. The number of hydrogen-bond acceptors (Lipinski definition) is 3. The third-order valence-electron chi connectivity index (χ3n) is 2.30. The van der Waals surface area contributed by atoms with Crippen LogP contribution < -0.4 is 0 Å². The number of carbonyl (C=O) groups excluding carboxylic acids is 1. The van der Waals surface area contributed by atoms with Crippen LogP contribution >= 0.6 is 11.6 Å². The fraction of sp³-hybridized carbons (Fsp3) is 0.182. The van der Waals surface area contributed by atoms with Gasteiger partial charge in [-0.3, -0.25) is 4.79 Å². The Morgan fingerprint density at radius 3 is 2.50 bits per heavy atom. The van der Waals surface area contributed by atoms with E-state index in [1.807, 2.05) is 0 Å². The van der Waals surface area contributed by atoms with Gasteiger partial charge in [-0.15, -0.1) is 0 Å². The van der Waals surface area contributed by atoms with E-state index in [1.54, 1.807) is 0 Å². The first-order valence-corrected chi connectivity index (χ1v) is 5.23. The van der Waals surface area contributed by atoms with Gasteiger partial charge in [0.2, 0.25) is 0 Å². The average Bonchev–Trinajstić information content (AvgIpc) is 2.26. The van der Waals surface area contributed by atoms with Gasteiger partial charge in [-0.1, -0.05) is 17.7 Å². The molecule has 0 amide bonds. The molecule has 18 heavy (non-hydrogen) atoms. The molecule has 0 aliphatic carbocycles. The van der Waals surface area contributed by atoms with E-state index in [-0.39, 0.29) is 21.9 Å². The summed E-state index contributed by atoms with van der Waals surface area (Å²) >= 11 is 5.76. The zero-order valence-corrected chi connectivity index (χ0v) is 9.80. The highest BCUT2D eigenvalue weighted by atomic mass is 35.5. The van der Waals surface area contributed by atoms with Crippen molar-refractivity contribution in [2.45, 2.75) is 13.1 Å². The van der Waals surface area contributed by atoms with Gasteiger partial charge in [0.15, 0.2) is 11.6 Å². The smallest absolute Gasteiger partial charge is 0.291 e. The van der Waals surface area contributed by atoms with Gasteiger partial charge in [0, 0.05) is 12.3 Å². The van der Waals surface area contributed by atoms with Crippen LogP contribution in [0.25, 0.3) is 10.9 Å². The highest BCUT2D eigenvalue weighted by Gasteiger charge is 2.33. The molecule has 2 aromatic rings. The van der Waals surface area contributed by atoms with Gasteiger partial charge in [-0.25, -0.2) is 9.97 Å². The van der Waals surface area contributed by atoms with Gasteiger partial charge in [0.1, 0.15) is 5.15 Å². The molecular formula is C11H6ClF3N2O. The second-order valence-electron chi connectivity index (χ2n) is 3.59. The molecule has 0 saturated heterocycles. The maximum absolute atomic E-state index is 12.8. The Morgan fingerprint density at radius 1 is 1.28 bits per heavy atom. The fourth-order valence-corrected chi connectivity index (χ4v) is 1.73. The number of rotatable bonds is 1. The van der Waals surface area contributed by atoms with Crippen molar-refractivity contribution < 1.29 is 18.0 Å². The van der Waals surface area contributed by atoms with Crippen LogP contribution in [-0.2, 0) is 6.18 Å². The molecule has 94 valence electrons.